The second-order valence-electron chi connectivity index (χ2n) is 4.63. The van der Waals surface area contributed by atoms with E-state index in [9.17, 15) is 0 Å². The van der Waals surface area contributed by atoms with Crippen LogP contribution in [0.2, 0.25) is 0 Å². The third kappa shape index (κ3) is 3.57. The van der Waals surface area contributed by atoms with Gasteiger partial charge in [-0.1, -0.05) is 30.3 Å². The zero-order valence-corrected chi connectivity index (χ0v) is 10.1. The standard InChI is InChI=1S/C15H19NO/c1-16-14(15-9-5-6-12-17-15)11-10-13-7-3-2-4-8-13/h2-4,7-8,14-15H,5-6,9-12H2. The van der Waals surface area contributed by atoms with Crippen LogP contribution in [0.25, 0.3) is 4.85 Å². The summed E-state index contributed by atoms with van der Waals surface area (Å²) in [5, 5.41) is 0. The van der Waals surface area contributed by atoms with Gasteiger partial charge in [0.05, 0.1) is 0 Å². The first-order chi connectivity index (χ1) is 8.40. The number of aryl methyl sites for hydroxylation is 1. The summed E-state index contributed by atoms with van der Waals surface area (Å²) in [5.41, 5.74) is 1.32. The van der Waals surface area contributed by atoms with E-state index in [1.807, 2.05) is 6.07 Å². The predicted molar refractivity (Wildman–Crippen MR) is 68.7 cm³/mol. The lowest BCUT2D eigenvalue weighted by Crippen LogP contribution is -2.30. The Morgan fingerprint density at radius 2 is 2.12 bits per heavy atom. The molecule has 0 aliphatic carbocycles. The number of rotatable bonds is 4. The highest BCUT2D eigenvalue weighted by molar-refractivity contribution is 5.15. The maximum Gasteiger partial charge on any atom is 0.249 e. The van der Waals surface area contributed by atoms with Crippen molar-refractivity contribution in [1.29, 1.82) is 0 Å². The van der Waals surface area contributed by atoms with Crippen molar-refractivity contribution >= 4 is 0 Å². The van der Waals surface area contributed by atoms with Crippen LogP contribution in [-0.4, -0.2) is 18.8 Å². The number of benzene rings is 1. The average molecular weight is 229 g/mol. The van der Waals surface area contributed by atoms with Gasteiger partial charge in [0.2, 0.25) is 6.04 Å². The SMILES string of the molecule is [C-]#[N+]C(CCc1ccccc1)C1CCCCO1. The summed E-state index contributed by atoms with van der Waals surface area (Å²) in [4.78, 5) is 3.75. The molecule has 1 aliphatic heterocycles. The van der Waals surface area contributed by atoms with Crippen LogP contribution in [-0.2, 0) is 11.2 Å². The lowest BCUT2D eigenvalue weighted by molar-refractivity contribution is 0.00635. The molecule has 1 fully saturated rings. The number of hydrogen-bond donors (Lipinski definition) is 0. The predicted octanol–water partition coefficient (Wildman–Crippen LogP) is 3.48. The molecule has 0 radical (unpaired) electrons. The van der Waals surface area contributed by atoms with Crippen molar-refractivity contribution < 1.29 is 4.74 Å². The molecule has 2 unspecified atom stereocenters. The van der Waals surface area contributed by atoms with E-state index >= 15 is 0 Å². The van der Waals surface area contributed by atoms with E-state index in [0.717, 1.165) is 32.3 Å². The molecule has 2 nitrogen and oxygen atoms in total. The minimum Gasteiger partial charge on any atom is -0.370 e. The molecule has 1 saturated heterocycles. The molecule has 1 aromatic rings. The maximum atomic E-state index is 7.31. The van der Waals surface area contributed by atoms with Gasteiger partial charge in [-0.15, -0.1) is 0 Å². The minimum atomic E-state index is 0.0375. The largest absolute Gasteiger partial charge is 0.370 e. The fourth-order valence-electron chi connectivity index (χ4n) is 2.36. The van der Waals surface area contributed by atoms with E-state index in [1.165, 1.54) is 12.0 Å². The smallest absolute Gasteiger partial charge is 0.249 e. The zero-order chi connectivity index (χ0) is 11.9. The number of ether oxygens (including phenoxy) is 1. The first-order valence-electron chi connectivity index (χ1n) is 6.42. The highest BCUT2D eigenvalue weighted by atomic mass is 16.5. The average Bonchev–Trinajstić information content (AvgIpc) is 2.42. The normalized spacial score (nSPS) is 21.7. The number of nitrogens with zero attached hydrogens (tertiary/aromatic N) is 1. The molecule has 0 N–H and O–H groups in total. The second kappa shape index (κ2) is 6.42. The van der Waals surface area contributed by atoms with Crippen LogP contribution in [0.3, 0.4) is 0 Å². The van der Waals surface area contributed by atoms with Crippen molar-refractivity contribution in [3.63, 3.8) is 0 Å². The van der Waals surface area contributed by atoms with Crippen molar-refractivity contribution in [3.05, 3.63) is 47.3 Å². The van der Waals surface area contributed by atoms with Crippen LogP contribution < -0.4 is 0 Å². The van der Waals surface area contributed by atoms with Crippen molar-refractivity contribution in [2.45, 2.75) is 44.2 Å². The van der Waals surface area contributed by atoms with Gasteiger partial charge >= 0.3 is 0 Å². The van der Waals surface area contributed by atoms with Crippen LogP contribution in [0, 0.1) is 6.57 Å². The van der Waals surface area contributed by atoms with E-state index in [0.29, 0.717) is 0 Å². The highest BCUT2D eigenvalue weighted by Crippen LogP contribution is 2.21. The molecule has 0 amide bonds. The van der Waals surface area contributed by atoms with E-state index in [2.05, 4.69) is 29.1 Å². The summed E-state index contributed by atoms with van der Waals surface area (Å²) in [5.74, 6) is 0. The Kier molecular flexibility index (Phi) is 4.58. The first-order valence-corrected chi connectivity index (χ1v) is 6.42. The van der Waals surface area contributed by atoms with Crippen molar-refractivity contribution in [2.24, 2.45) is 0 Å². The Morgan fingerprint density at radius 3 is 2.76 bits per heavy atom. The minimum absolute atomic E-state index is 0.0375. The molecule has 1 aromatic carbocycles. The molecule has 0 aromatic heterocycles. The summed E-state index contributed by atoms with van der Waals surface area (Å²) in [6.07, 6.45) is 5.49. The Labute approximate surface area is 103 Å². The summed E-state index contributed by atoms with van der Waals surface area (Å²) in [7, 11) is 0. The van der Waals surface area contributed by atoms with Gasteiger partial charge in [-0.05, 0) is 31.2 Å². The summed E-state index contributed by atoms with van der Waals surface area (Å²) < 4.78 is 5.71. The topological polar surface area (TPSA) is 13.6 Å². The van der Waals surface area contributed by atoms with Gasteiger partial charge in [0.1, 0.15) is 6.10 Å². The molecule has 1 heterocycles. The quantitative estimate of drug-likeness (QED) is 0.721. The van der Waals surface area contributed by atoms with Crippen LogP contribution >= 0.6 is 0 Å². The van der Waals surface area contributed by atoms with Gasteiger partial charge in [0, 0.05) is 13.0 Å². The summed E-state index contributed by atoms with van der Waals surface area (Å²) >= 11 is 0. The molecule has 17 heavy (non-hydrogen) atoms. The Bertz CT molecular complexity index is 362. The second-order valence-corrected chi connectivity index (χ2v) is 4.63. The van der Waals surface area contributed by atoms with Crippen LogP contribution in [0.15, 0.2) is 30.3 Å². The lowest BCUT2D eigenvalue weighted by atomic mass is 9.97. The van der Waals surface area contributed by atoms with Crippen molar-refractivity contribution in [3.8, 4) is 0 Å². The van der Waals surface area contributed by atoms with Crippen LogP contribution in [0.1, 0.15) is 31.2 Å². The van der Waals surface area contributed by atoms with Crippen molar-refractivity contribution in [1.82, 2.24) is 0 Å². The van der Waals surface area contributed by atoms with Gasteiger partial charge in [-0.3, -0.25) is 0 Å². The molecule has 1 aliphatic rings. The first kappa shape index (κ1) is 12.1. The fraction of sp³-hybridized carbons (Fsp3) is 0.533. The highest BCUT2D eigenvalue weighted by Gasteiger charge is 2.28. The Balaban J connectivity index is 1.85. The third-order valence-electron chi connectivity index (χ3n) is 3.38. The van der Waals surface area contributed by atoms with Gasteiger partial charge < -0.3 is 9.58 Å². The fourth-order valence-corrected chi connectivity index (χ4v) is 2.36. The summed E-state index contributed by atoms with van der Waals surface area (Å²) in [6.45, 7) is 8.14. The van der Waals surface area contributed by atoms with E-state index in [1.54, 1.807) is 0 Å². The summed E-state index contributed by atoms with van der Waals surface area (Å²) in [6, 6.07) is 10.4. The van der Waals surface area contributed by atoms with Gasteiger partial charge in [0.15, 0.2) is 0 Å². The molecule has 0 bridgehead atoms. The molecule has 0 saturated carbocycles. The molecule has 2 rings (SSSR count). The van der Waals surface area contributed by atoms with E-state index < -0.39 is 0 Å². The zero-order valence-electron chi connectivity index (χ0n) is 10.1. The monoisotopic (exact) mass is 229 g/mol. The van der Waals surface area contributed by atoms with Crippen LogP contribution in [0.4, 0.5) is 0 Å². The van der Waals surface area contributed by atoms with Crippen molar-refractivity contribution in [2.75, 3.05) is 6.61 Å². The third-order valence-corrected chi connectivity index (χ3v) is 3.38. The molecule has 90 valence electrons. The van der Waals surface area contributed by atoms with Crippen LogP contribution in [0.5, 0.6) is 0 Å². The van der Waals surface area contributed by atoms with E-state index in [-0.39, 0.29) is 12.1 Å². The number of hydrogen-bond acceptors (Lipinski definition) is 1. The Morgan fingerprint density at radius 1 is 1.29 bits per heavy atom. The molecule has 2 atom stereocenters. The van der Waals surface area contributed by atoms with E-state index in [4.69, 9.17) is 11.3 Å². The molecule has 0 spiro atoms. The maximum absolute atomic E-state index is 7.31. The molecular weight excluding hydrogens is 210 g/mol. The Hall–Kier alpha value is -1.33. The van der Waals surface area contributed by atoms with Gasteiger partial charge in [-0.25, -0.2) is 6.57 Å². The van der Waals surface area contributed by atoms with Gasteiger partial charge in [0.25, 0.3) is 0 Å². The molecular formula is C15H19NO. The van der Waals surface area contributed by atoms with Gasteiger partial charge in [-0.2, -0.15) is 0 Å². The molecule has 2 heteroatoms. The lowest BCUT2D eigenvalue weighted by Gasteiger charge is -2.23.